The predicted molar refractivity (Wildman–Crippen MR) is 106 cm³/mol. The van der Waals surface area contributed by atoms with E-state index >= 15 is 0 Å². The topological polar surface area (TPSA) is 52.2 Å². The second kappa shape index (κ2) is 7.97. The second-order valence-corrected chi connectivity index (χ2v) is 7.71. The molecule has 4 nitrogen and oxygen atoms in total. The van der Waals surface area contributed by atoms with Gasteiger partial charge >= 0.3 is 0 Å². The number of aryl methyl sites for hydroxylation is 1. The highest BCUT2D eigenvalue weighted by Gasteiger charge is 2.24. The molecule has 0 spiro atoms. The van der Waals surface area contributed by atoms with Crippen molar-refractivity contribution in [3.05, 3.63) is 35.5 Å². The Kier molecular flexibility index (Phi) is 5.72. The highest BCUT2D eigenvalue weighted by Crippen LogP contribution is 2.28. The summed E-state index contributed by atoms with van der Waals surface area (Å²) in [6.45, 7) is 3.06. The summed E-state index contributed by atoms with van der Waals surface area (Å²) in [7, 11) is 1.85. The van der Waals surface area contributed by atoms with Crippen LogP contribution in [-0.4, -0.2) is 42.1 Å². The number of nitrogens with zero attached hydrogens (tertiary/aromatic N) is 1. The molecule has 1 fully saturated rings. The Hall–Kier alpha value is -1.62. The third-order valence-electron chi connectivity index (χ3n) is 4.96. The van der Waals surface area contributed by atoms with E-state index in [1.807, 2.05) is 18.8 Å². The first-order valence-corrected chi connectivity index (χ1v) is 10.1. The van der Waals surface area contributed by atoms with Crippen molar-refractivity contribution in [1.29, 1.82) is 0 Å². The fourth-order valence-corrected chi connectivity index (χ4v) is 4.43. The molecule has 1 aliphatic rings. The van der Waals surface area contributed by atoms with Gasteiger partial charge in [-0.2, -0.15) is 11.8 Å². The molecule has 0 saturated heterocycles. The quantitative estimate of drug-likeness (QED) is 0.575. The van der Waals surface area contributed by atoms with Gasteiger partial charge < -0.3 is 15.6 Å². The molecular weight excluding hydrogens is 316 g/mol. The lowest BCUT2D eigenvalue weighted by Crippen LogP contribution is -2.43. The van der Waals surface area contributed by atoms with E-state index in [1.165, 1.54) is 41.3 Å². The van der Waals surface area contributed by atoms with Gasteiger partial charge in [0.1, 0.15) is 0 Å². The van der Waals surface area contributed by atoms with Crippen LogP contribution in [0.3, 0.4) is 0 Å². The first kappa shape index (κ1) is 17.2. The Morgan fingerprint density at radius 1 is 1.38 bits per heavy atom. The lowest BCUT2D eigenvalue weighted by molar-refractivity contribution is 0.615. The molecule has 0 radical (unpaired) electrons. The number of aromatic nitrogens is 1. The third-order valence-corrected chi connectivity index (χ3v) is 6.06. The van der Waals surface area contributed by atoms with E-state index in [1.54, 1.807) is 0 Å². The Balaban J connectivity index is 1.53. The fraction of sp³-hybridized carbons (Fsp3) is 0.526. The van der Waals surface area contributed by atoms with Crippen molar-refractivity contribution in [2.45, 2.75) is 43.9 Å². The molecule has 130 valence electrons. The first-order chi connectivity index (χ1) is 11.7. The van der Waals surface area contributed by atoms with Crippen LogP contribution in [0.1, 0.15) is 30.4 Å². The number of H-pyrrole nitrogens is 1. The lowest BCUT2D eigenvalue weighted by Gasteiger charge is -2.17. The molecule has 1 aromatic heterocycles. The molecule has 1 saturated carbocycles. The maximum atomic E-state index is 4.38. The van der Waals surface area contributed by atoms with Crippen LogP contribution in [0.4, 0.5) is 0 Å². The lowest BCUT2D eigenvalue weighted by atomic mass is 10.1. The molecule has 2 unspecified atom stereocenters. The zero-order valence-corrected chi connectivity index (χ0v) is 15.7. The number of aromatic amines is 1. The average Bonchev–Trinajstić information content (AvgIpc) is 3.21. The van der Waals surface area contributed by atoms with E-state index in [4.69, 9.17) is 0 Å². The van der Waals surface area contributed by atoms with Crippen molar-refractivity contribution in [1.82, 2.24) is 15.6 Å². The largest absolute Gasteiger partial charge is 0.361 e. The predicted octanol–water partition coefficient (Wildman–Crippen LogP) is 3.47. The number of fused-ring (bicyclic) bond motifs is 1. The van der Waals surface area contributed by atoms with Crippen LogP contribution in [-0.2, 0) is 6.42 Å². The van der Waals surface area contributed by atoms with Gasteiger partial charge in [-0.15, -0.1) is 0 Å². The van der Waals surface area contributed by atoms with Crippen LogP contribution in [0.15, 0.2) is 29.4 Å². The minimum Gasteiger partial charge on any atom is -0.361 e. The van der Waals surface area contributed by atoms with E-state index in [9.17, 15) is 0 Å². The van der Waals surface area contributed by atoms with E-state index < -0.39 is 0 Å². The SMILES string of the molecule is CN=C(NCCc1c[nH]c2cccc(C)c12)NC1CCC(SC)C1. The molecule has 3 rings (SSSR count). The molecule has 0 aliphatic heterocycles. The van der Waals surface area contributed by atoms with Crippen LogP contribution in [0, 0.1) is 6.92 Å². The number of benzene rings is 1. The maximum Gasteiger partial charge on any atom is 0.191 e. The summed E-state index contributed by atoms with van der Waals surface area (Å²) in [6, 6.07) is 6.98. The van der Waals surface area contributed by atoms with Crippen LogP contribution in [0.25, 0.3) is 10.9 Å². The van der Waals surface area contributed by atoms with Crippen LogP contribution < -0.4 is 10.6 Å². The summed E-state index contributed by atoms with van der Waals surface area (Å²) in [5.74, 6) is 0.929. The normalized spacial score (nSPS) is 21.4. The minimum atomic E-state index is 0.559. The summed E-state index contributed by atoms with van der Waals surface area (Å²) in [4.78, 5) is 7.76. The molecule has 0 bridgehead atoms. The molecule has 2 atom stereocenters. The highest BCUT2D eigenvalue weighted by atomic mass is 32.2. The van der Waals surface area contributed by atoms with Gasteiger partial charge in [-0.1, -0.05) is 12.1 Å². The van der Waals surface area contributed by atoms with Gasteiger partial charge in [0.2, 0.25) is 0 Å². The van der Waals surface area contributed by atoms with Gasteiger partial charge in [0, 0.05) is 42.0 Å². The van der Waals surface area contributed by atoms with Crippen LogP contribution in [0.5, 0.6) is 0 Å². The number of rotatable bonds is 5. The van der Waals surface area contributed by atoms with Gasteiger partial charge in [-0.25, -0.2) is 0 Å². The molecule has 24 heavy (non-hydrogen) atoms. The van der Waals surface area contributed by atoms with Gasteiger partial charge in [-0.05, 0) is 56.1 Å². The van der Waals surface area contributed by atoms with E-state index in [0.717, 1.165) is 24.2 Å². The number of hydrogen-bond acceptors (Lipinski definition) is 2. The number of guanidine groups is 1. The van der Waals surface area contributed by atoms with Crippen molar-refractivity contribution < 1.29 is 0 Å². The first-order valence-electron chi connectivity index (χ1n) is 8.76. The zero-order chi connectivity index (χ0) is 16.9. The molecule has 1 heterocycles. The van der Waals surface area contributed by atoms with Gasteiger partial charge in [-0.3, -0.25) is 4.99 Å². The van der Waals surface area contributed by atoms with E-state index in [0.29, 0.717) is 6.04 Å². The zero-order valence-electron chi connectivity index (χ0n) is 14.9. The Morgan fingerprint density at radius 3 is 3.00 bits per heavy atom. The van der Waals surface area contributed by atoms with Crippen molar-refractivity contribution in [3.63, 3.8) is 0 Å². The van der Waals surface area contributed by atoms with Gasteiger partial charge in [0.05, 0.1) is 0 Å². The van der Waals surface area contributed by atoms with Gasteiger partial charge in [0.15, 0.2) is 5.96 Å². The summed E-state index contributed by atoms with van der Waals surface area (Å²) in [5.41, 5.74) is 3.93. The van der Waals surface area contributed by atoms with Gasteiger partial charge in [0.25, 0.3) is 0 Å². The fourth-order valence-electron chi connectivity index (χ4n) is 3.64. The number of hydrogen-bond donors (Lipinski definition) is 3. The Morgan fingerprint density at radius 2 is 2.25 bits per heavy atom. The summed E-state index contributed by atoms with van der Waals surface area (Å²) < 4.78 is 0. The average molecular weight is 345 g/mol. The molecule has 1 aromatic carbocycles. The Bertz CT molecular complexity index is 706. The van der Waals surface area contributed by atoms with Crippen LogP contribution >= 0.6 is 11.8 Å². The molecule has 5 heteroatoms. The van der Waals surface area contributed by atoms with E-state index in [-0.39, 0.29) is 0 Å². The molecule has 3 N–H and O–H groups in total. The molecular formula is C19H28N4S. The minimum absolute atomic E-state index is 0.559. The molecule has 2 aromatic rings. The summed E-state index contributed by atoms with van der Waals surface area (Å²) in [6.07, 6.45) is 9.13. The third kappa shape index (κ3) is 3.89. The smallest absolute Gasteiger partial charge is 0.191 e. The van der Waals surface area contributed by atoms with Crippen LogP contribution in [0.2, 0.25) is 0 Å². The summed E-state index contributed by atoms with van der Waals surface area (Å²) in [5, 5.41) is 9.21. The van der Waals surface area contributed by atoms with Crippen molar-refractivity contribution in [2.24, 2.45) is 4.99 Å². The van der Waals surface area contributed by atoms with Crippen molar-refractivity contribution in [3.8, 4) is 0 Å². The number of nitrogens with one attached hydrogen (secondary N) is 3. The molecule has 1 aliphatic carbocycles. The second-order valence-electron chi connectivity index (χ2n) is 6.57. The van der Waals surface area contributed by atoms with E-state index in [2.05, 4.69) is 58.2 Å². The van der Waals surface area contributed by atoms with Crippen molar-refractivity contribution in [2.75, 3.05) is 19.8 Å². The maximum absolute atomic E-state index is 4.38. The summed E-state index contributed by atoms with van der Waals surface area (Å²) >= 11 is 1.99. The Labute approximate surface area is 148 Å². The highest BCUT2D eigenvalue weighted by molar-refractivity contribution is 7.99. The van der Waals surface area contributed by atoms with Crippen molar-refractivity contribution >= 4 is 28.6 Å². The number of thioether (sulfide) groups is 1. The standard InChI is InChI=1S/C19H28N4S/c1-13-5-4-6-17-18(13)14(12-22-17)9-10-21-19(20-2)23-15-7-8-16(11-15)24-3/h4-6,12,15-16,22H,7-11H2,1-3H3,(H2,20,21,23). The monoisotopic (exact) mass is 344 g/mol. The molecule has 0 amide bonds. The number of aliphatic imine (C=N–C) groups is 1.